The molecule has 0 saturated carbocycles. The van der Waals surface area contributed by atoms with Crippen molar-refractivity contribution in [1.82, 2.24) is 10.6 Å². The molecule has 3 N–H and O–H groups in total. The summed E-state index contributed by atoms with van der Waals surface area (Å²) in [6.07, 6.45) is 4.85. The van der Waals surface area contributed by atoms with Crippen LogP contribution in [0.1, 0.15) is 59.3 Å². The lowest BCUT2D eigenvalue weighted by molar-refractivity contribution is -0.137. The molecule has 21 heavy (non-hydrogen) atoms. The number of piperidine rings is 1. The molecular weight excluding hydrogens is 268 g/mol. The van der Waals surface area contributed by atoms with E-state index >= 15 is 0 Å². The van der Waals surface area contributed by atoms with E-state index in [-0.39, 0.29) is 23.8 Å². The number of carboxylic acid groups (broad SMARTS) is 1. The van der Waals surface area contributed by atoms with Gasteiger partial charge in [0, 0.05) is 13.0 Å². The third-order valence-corrected chi connectivity index (χ3v) is 4.35. The molecule has 1 saturated heterocycles. The van der Waals surface area contributed by atoms with Crippen molar-refractivity contribution in [2.75, 3.05) is 13.1 Å². The lowest BCUT2D eigenvalue weighted by Crippen LogP contribution is -2.47. The van der Waals surface area contributed by atoms with Crippen molar-refractivity contribution in [3.8, 4) is 0 Å². The van der Waals surface area contributed by atoms with Crippen molar-refractivity contribution < 1.29 is 14.7 Å². The predicted octanol–water partition coefficient (Wildman–Crippen LogP) is 2.16. The number of carboxylic acids is 1. The van der Waals surface area contributed by atoms with Crippen molar-refractivity contribution in [3.63, 3.8) is 0 Å². The summed E-state index contributed by atoms with van der Waals surface area (Å²) in [6, 6.07) is -0.0501. The van der Waals surface area contributed by atoms with Gasteiger partial charge in [-0.25, -0.2) is 0 Å². The topological polar surface area (TPSA) is 78.4 Å². The Bertz CT molecular complexity index is 344. The van der Waals surface area contributed by atoms with E-state index in [9.17, 15) is 9.59 Å². The molecule has 0 aliphatic carbocycles. The number of hydrogen-bond donors (Lipinski definition) is 3. The van der Waals surface area contributed by atoms with Gasteiger partial charge >= 0.3 is 5.97 Å². The number of hydrogen-bond acceptors (Lipinski definition) is 3. The Morgan fingerprint density at radius 3 is 2.52 bits per heavy atom. The van der Waals surface area contributed by atoms with Crippen molar-refractivity contribution in [2.24, 2.45) is 11.3 Å². The summed E-state index contributed by atoms with van der Waals surface area (Å²) >= 11 is 0. The largest absolute Gasteiger partial charge is 0.481 e. The first-order valence-corrected chi connectivity index (χ1v) is 8.03. The van der Waals surface area contributed by atoms with Crippen LogP contribution < -0.4 is 10.6 Å². The van der Waals surface area contributed by atoms with Crippen LogP contribution >= 0.6 is 0 Å². The smallest absolute Gasteiger partial charge is 0.303 e. The average molecular weight is 298 g/mol. The number of rotatable bonds is 7. The quantitative estimate of drug-likeness (QED) is 0.673. The van der Waals surface area contributed by atoms with Crippen LogP contribution in [0.3, 0.4) is 0 Å². The molecule has 1 fully saturated rings. The second-order valence-electron chi connectivity index (χ2n) is 7.08. The van der Waals surface area contributed by atoms with Crippen molar-refractivity contribution >= 4 is 11.9 Å². The van der Waals surface area contributed by atoms with Crippen LogP contribution in [0.25, 0.3) is 0 Å². The fourth-order valence-electron chi connectivity index (χ4n) is 2.88. The SMILES string of the molecule is CC(C)(C)C(CCNC(=O)[C@H]1CCCCN1)CCC(=O)O. The summed E-state index contributed by atoms with van der Waals surface area (Å²) in [4.78, 5) is 22.8. The highest BCUT2D eigenvalue weighted by Gasteiger charge is 2.26. The molecule has 0 aromatic heterocycles. The second-order valence-corrected chi connectivity index (χ2v) is 7.08. The number of carbonyl (C=O) groups is 2. The van der Waals surface area contributed by atoms with E-state index < -0.39 is 5.97 Å². The van der Waals surface area contributed by atoms with Gasteiger partial charge in [-0.15, -0.1) is 0 Å². The lowest BCUT2D eigenvalue weighted by Gasteiger charge is -2.31. The lowest BCUT2D eigenvalue weighted by atomic mass is 9.76. The Hall–Kier alpha value is -1.10. The van der Waals surface area contributed by atoms with E-state index in [4.69, 9.17) is 5.11 Å². The van der Waals surface area contributed by atoms with E-state index in [0.717, 1.165) is 32.2 Å². The minimum absolute atomic E-state index is 0.0501. The first kappa shape index (κ1) is 18.0. The molecule has 2 atom stereocenters. The third-order valence-electron chi connectivity index (χ3n) is 4.35. The van der Waals surface area contributed by atoms with E-state index in [2.05, 4.69) is 31.4 Å². The molecule has 5 nitrogen and oxygen atoms in total. The summed E-state index contributed by atoms with van der Waals surface area (Å²) in [5.74, 6) is -0.367. The van der Waals surface area contributed by atoms with Crippen LogP contribution in [-0.2, 0) is 9.59 Å². The van der Waals surface area contributed by atoms with Crippen molar-refractivity contribution in [3.05, 3.63) is 0 Å². The average Bonchev–Trinajstić information content (AvgIpc) is 2.41. The zero-order chi connectivity index (χ0) is 15.9. The van der Waals surface area contributed by atoms with Gasteiger partial charge in [0.15, 0.2) is 0 Å². The fraction of sp³-hybridized carbons (Fsp3) is 0.875. The Labute approximate surface area is 127 Å². The number of aliphatic carboxylic acids is 1. The first-order valence-electron chi connectivity index (χ1n) is 8.03. The number of nitrogens with one attached hydrogen (secondary N) is 2. The van der Waals surface area contributed by atoms with E-state index in [1.807, 2.05) is 0 Å². The number of amides is 1. The maximum absolute atomic E-state index is 12.0. The Morgan fingerprint density at radius 2 is 2.00 bits per heavy atom. The van der Waals surface area contributed by atoms with Crippen molar-refractivity contribution in [1.29, 1.82) is 0 Å². The maximum atomic E-state index is 12.0. The zero-order valence-electron chi connectivity index (χ0n) is 13.6. The maximum Gasteiger partial charge on any atom is 0.303 e. The van der Waals surface area contributed by atoms with Gasteiger partial charge < -0.3 is 15.7 Å². The Balaban J connectivity index is 2.34. The molecule has 1 unspecified atom stereocenters. The highest BCUT2D eigenvalue weighted by Crippen LogP contribution is 2.32. The van der Waals surface area contributed by atoms with Gasteiger partial charge in [0.05, 0.1) is 6.04 Å². The second kappa shape index (κ2) is 8.37. The molecule has 1 amide bonds. The summed E-state index contributed by atoms with van der Waals surface area (Å²) in [5, 5.41) is 15.1. The van der Waals surface area contributed by atoms with E-state index in [1.165, 1.54) is 0 Å². The molecule has 0 radical (unpaired) electrons. The van der Waals surface area contributed by atoms with Crippen molar-refractivity contribution in [2.45, 2.75) is 65.3 Å². The summed E-state index contributed by atoms with van der Waals surface area (Å²) < 4.78 is 0. The van der Waals surface area contributed by atoms with Gasteiger partial charge in [0.1, 0.15) is 0 Å². The van der Waals surface area contributed by atoms with Crippen LogP contribution in [0.5, 0.6) is 0 Å². The van der Waals surface area contributed by atoms with Crippen LogP contribution in [0.2, 0.25) is 0 Å². The summed E-state index contributed by atoms with van der Waals surface area (Å²) in [5.41, 5.74) is 0.0588. The van der Waals surface area contributed by atoms with Crippen LogP contribution in [0, 0.1) is 11.3 Å². The first-order chi connectivity index (χ1) is 9.80. The monoisotopic (exact) mass is 298 g/mol. The van der Waals surface area contributed by atoms with Crippen LogP contribution in [0.15, 0.2) is 0 Å². The van der Waals surface area contributed by atoms with Gasteiger partial charge in [0.25, 0.3) is 0 Å². The third kappa shape index (κ3) is 6.93. The molecule has 1 aliphatic heterocycles. The molecule has 0 aromatic rings. The highest BCUT2D eigenvalue weighted by atomic mass is 16.4. The number of carbonyl (C=O) groups excluding carboxylic acids is 1. The predicted molar refractivity (Wildman–Crippen MR) is 83.1 cm³/mol. The van der Waals surface area contributed by atoms with E-state index in [1.54, 1.807) is 0 Å². The van der Waals surface area contributed by atoms with Gasteiger partial charge in [-0.2, -0.15) is 0 Å². The zero-order valence-corrected chi connectivity index (χ0v) is 13.6. The van der Waals surface area contributed by atoms with Gasteiger partial charge in [-0.1, -0.05) is 27.2 Å². The van der Waals surface area contributed by atoms with Gasteiger partial charge in [-0.3, -0.25) is 9.59 Å². The molecule has 1 rings (SSSR count). The van der Waals surface area contributed by atoms with E-state index in [0.29, 0.717) is 18.9 Å². The highest BCUT2D eigenvalue weighted by molar-refractivity contribution is 5.81. The molecule has 0 spiro atoms. The Kier molecular flexibility index (Phi) is 7.15. The molecule has 0 aromatic carbocycles. The molecule has 122 valence electrons. The normalized spacial score (nSPS) is 20.8. The molecule has 0 bridgehead atoms. The summed E-state index contributed by atoms with van der Waals surface area (Å²) in [6.45, 7) is 7.93. The minimum Gasteiger partial charge on any atom is -0.481 e. The molecule has 1 aliphatic rings. The van der Waals surface area contributed by atoms with Crippen LogP contribution in [0.4, 0.5) is 0 Å². The molecule has 1 heterocycles. The van der Waals surface area contributed by atoms with Gasteiger partial charge in [0.2, 0.25) is 5.91 Å². The summed E-state index contributed by atoms with van der Waals surface area (Å²) in [7, 11) is 0. The minimum atomic E-state index is -0.750. The fourth-order valence-corrected chi connectivity index (χ4v) is 2.88. The van der Waals surface area contributed by atoms with Crippen LogP contribution in [-0.4, -0.2) is 36.1 Å². The standard InChI is InChI=1S/C16H30N2O3/c1-16(2,3)12(7-8-14(19)20)9-11-18-15(21)13-6-4-5-10-17-13/h12-13,17H,4-11H2,1-3H3,(H,18,21)(H,19,20)/t12?,13-/m1/s1. The van der Waals surface area contributed by atoms with Gasteiger partial charge in [-0.05, 0) is 43.6 Å². The molecule has 5 heteroatoms. The Morgan fingerprint density at radius 1 is 1.29 bits per heavy atom. The molecular formula is C16H30N2O3.